The third-order valence-electron chi connectivity index (χ3n) is 4.67. The van der Waals surface area contributed by atoms with Crippen LogP contribution in [0.5, 0.6) is 0 Å². The molecule has 2 rings (SSSR count). The molecule has 1 saturated carbocycles. The number of nitrogens with zero attached hydrogens (tertiary/aromatic N) is 2. The molecule has 0 unspecified atom stereocenters. The summed E-state index contributed by atoms with van der Waals surface area (Å²) < 4.78 is 64.2. The summed E-state index contributed by atoms with van der Waals surface area (Å²) in [5, 5.41) is 18.2. The van der Waals surface area contributed by atoms with Gasteiger partial charge in [-0.05, 0) is 12.8 Å². The maximum Gasteiger partial charge on any atom is 0.393 e. The van der Waals surface area contributed by atoms with Crippen molar-refractivity contribution < 1.29 is 31.5 Å². The number of hydrogen-bond donors (Lipinski definition) is 1. The van der Waals surface area contributed by atoms with Crippen LogP contribution in [0.25, 0.3) is 0 Å². The third kappa shape index (κ3) is 3.61. The van der Waals surface area contributed by atoms with Crippen molar-refractivity contribution in [3.05, 3.63) is 0 Å². The number of alkyl halides is 3. The van der Waals surface area contributed by atoms with Crippen LogP contribution in [-0.2, 0) is 14.8 Å². The first kappa shape index (κ1) is 18.0. The van der Waals surface area contributed by atoms with E-state index < -0.39 is 58.3 Å². The maximum absolute atomic E-state index is 12.9. The van der Waals surface area contributed by atoms with Crippen LogP contribution in [0.4, 0.5) is 13.2 Å². The van der Waals surface area contributed by atoms with Crippen LogP contribution >= 0.6 is 0 Å². The van der Waals surface area contributed by atoms with E-state index in [0.29, 0.717) is 30.0 Å². The fraction of sp³-hybridized carbons (Fsp3) is 0.846. The Morgan fingerprint density at radius 3 is 2.26 bits per heavy atom. The van der Waals surface area contributed by atoms with Gasteiger partial charge in [-0.15, -0.1) is 0 Å². The van der Waals surface area contributed by atoms with Gasteiger partial charge in [-0.3, -0.25) is 4.79 Å². The lowest BCUT2D eigenvalue weighted by Crippen LogP contribution is -2.38. The largest absolute Gasteiger partial charge is 0.481 e. The number of sulfonamides is 1. The second-order valence-electron chi connectivity index (χ2n) is 6.27. The highest BCUT2D eigenvalue weighted by molar-refractivity contribution is 7.89. The van der Waals surface area contributed by atoms with Crippen molar-refractivity contribution in [3.63, 3.8) is 0 Å². The van der Waals surface area contributed by atoms with Gasteiger partial charge in [-0.1, -0.05) is 12.8 Å². The average Bonchev–Trinajstić information content (AvgIpc) is 3.04. The predicted molar refractivity (Wildman–Crippen MR) is 72.5 cm³/mol. The lowest BCUT2D eigenvalue weighted by Gasteiger charge is -2.24. The van der Waals surface area contributed by atoms with Crippen LogP contribution in [0.2, 0.25) is 0 Å². The highest BCUT2D eigenvalue weighted by Crippen LogP contribution is 2.42. The van der Waals surface area contributed by atoms with Gasteiger partial charge >= 0.3 is 12.1 Å². The first-order chi connectivity index (χ1) is 10.5. The number of rotatable bonds is 4. The molecule has 0 bridgehead atoms. The number of hydrogen-bond acceptors (Lipinski definition) is 4. The van der Waals surface area contributed by atoms with Crippen LogP contribution in [-0.4, -0.2) is 48.8 Å². The number of carboxylic acids is 1. The SMILES string of the molecule is N#CC1(CS(=O)(=O)N2C[C@@H](C(F)(F)F)[C@H](C(=O)O)C2)CCCC1. The van der Waals surface area contributed by atoms with Crippen molar-refractivity contribution in [3.8, 4) is 6.07 Å². The van der Waals surface area contributed by atoms with Gasteiger partial charge < -0.3 is 5.11 Å². The minimum absolute atomic E-state index is 0.391. The molecule has 1 heterocycles. The fourth-order valence-electron chi connectivity index (χ4n) is 3.36. The topological polar surface area (TPSA) is 98.5 Å². The Hall–Kier alpha value is -1.34. The van der Waals surface area contributed by atoms with E-state index in [1.807, 2.05) is 6.07 Å². The molecular formula is C13H17F3N2O4S. The number of carboxylic acid groups (broad SMARTS) is 1. The number of halogens is 3. The highest BCUT2D eigenvalue weighted by Gasteiger charge is 2.55. The molecule has 130 valence electrons. The minimum Gasteiger partial charge on any atom is -0.481 e. The van der Waals surface area contributed by atoms with Crippen LogP contribution in [0.1, 0.15) is 25.7 Å². The lowest BCUT2D eigenvalue weighted by atomic mass is 9.91. The fourth-order valence-corrected chi connectivity index (χ4v) is 5.37. The van der Waals surface area contributed by atoms with Crippen molar-refractivity contribution in [2.75, 3.05) is 18.8 Å². The Bertz CT molecular complexity index is 620. The molecule has 0 spiro atoms. The van der Waals surface area contributed by atoms with Crippen molar-refractivity contribution >= 4 is 16.0 Å². The second-order valence-corrected chi connectivity index (χ2v) is 8.23. The van der Waals surface area contributed by atoms with Gasteiger partial charge in [-0.2, -0.15) is 18.4 Å². The number of nitriles is 1. The van der Waals surface area contributed by atoms with Gasteiger partial charge in [-0.25, -0.2) is 12.7 Å². The van der Waals surface area contributed by atoms with Crippen LogP contribution < -0.4 is 0 Å². The van der Waals surface area contributed by atoms with E-state index in [2.05, 4.69) is 0 Å². The smallest absolute Gasteiger partial charge is 0.393 e. The summed E-state index contributed by atoms with van der Waals surface area (Å²) in [4.78, 5) is 11.0. The van der Waals surface area contributed by atoms with E-state index in [9.17, 15) is 31.6 Å². The Morgan fingerprint density at radius 2 is 1.87 bits per heavy atom. The standard InChI is InChI=1S/C13H17F3N2O4S/c14-13(15,16)10-6-18(5-9(10)11(19)20)23(21,22)8-12(7-17)3-1-2-4-12/h9-10H,1-6,8H2,(H,19,20)/t9-,10-/m1/s1. The molecule has 0 aromatic rings. The molecule has 1 aliphatic heterocycles. The maximum atomic E-state index is 12.9. The molecule has 6 nitrogen and oxygen atoms in total. The van der Waals surface area contributed by atoms with Crippen molar-refractivity contribution in [2.45, 2.75) is 31.9 Å². The van der Waals surface area contributed by atoms with E-state index in [0.717, 1.165) is 0 Å². The van der Waals surface area contributed by atoms with E-state index in [4.69, 9.17) is 5.11 Å². The van der Waals surface area contributed by atoms with E-state index in [-0.39, 0.29) is 0 Å². The van der Waals surface area contributed by atoms with Gasteiger partial charge in [0.1, 0.15) is 0 Å². The highest BCUT2D eigenvalue weighted by atomic mass is 32.2. The molecule has 2 fully saturated rings. The summed E-state index contributed by atoms with van der Waals surface area (Å²) in [5.74, 6) is -6.25. The van der Waals surface area contributed by atoms with Gasteiger partial charge in [0.25, 0.3) is 0 Å². The summed E-state index contributed by atoms with van der Waals surface area (Å²) in [6.07, 6.45) is -2.60. The molecule has 23 heavy (non-hydrogen) atoms. The molecule has 0 amide bonds. The van der Waals surface area contributed by atoms with E-state index in [1.54, 1.807) is 0 Å². The summed E-state index contributed by atoms with van der Waals surface area (Å²) >= 11 is 0. The summed E-state index contributed by atoms with van der Waals surface area (Å²) in [5.41, 5.74) is -1.08. The lowest BCUT2D eigenvalue weighted by molar-refractivity contribution is -0.187. The van der Waals surface area contributed by atoms with Crippen molar-refractivity contribution in [1.29, 1.82) is 5.26 Å². The normalized spacial score (nSPS) is 28.6. The van der Waals surface area contributed by atoms with Gasteiger partial charge in [0.15, 0.2) is 0 Å². The molecule has 2 aliphatic rings. The molecule has 1 N–H and O–H groups in total. The van der Waals surface area contributed by atoms with Gasteiger partial charge in [0.2, 0.25) is 10.0 Å². The number of carbonyl (C=O) groups is 1. The van der Waals surface area contributed by atoms with E-state index >= 15 is 0 Å². The van der Waals surface area contributed by atoms with Crippen molar-refractivity contribution in [1.82, 2.24) is 4.31 Å². The van der Waals surface area contributed by atoms with Gasteiger partial charge in [0.05, 0.1) is 29.1 Å². The first-order valence-electron chi connectivity index (χ1n) is 7.19. The zero-order chi connectivity index (χ0) is 17.5. The Kier molecular flexibility index (Phi) is 4.65. The summed E-state index contributed by atoms with van der Waals surface area (Å²) in [6.45, 7) is -1.60. The molecule has 10 heteroatoms. The Balaban J connectivity index is 2.21. The summed E-state index contributed by atoms with van der Waals surface area (Å²) in [6, 6.07) is 1.99. The average molecular weight is 354 g/mol. The van der Waals surface area contributed by atoms with Crippen LogP contribution in [0, 0.1) is 28.6 Å². The predicted octanol–water partition coefficient (Wildman–Crippen LogP) is 1.60. The Morgan fingerprint density at radius 1 is 1.30 bits per heavy atom. The zero-order valence-electron chi connectivity index (χ0n) is 12.2. The molecule has 0 radical (unpaired) electrons. The molecule has 1 saturated heterocycles. The molecule has 0 aromatic carbocycles. The quantitative estimate of drug-likeness (QED) is 0.827. The summed E-state index contributed by atoms with van der Waals surface area (Å²) in [7, 11) is -4.13. The first-order valence-corrected chi connectivity index (χ1v) is 8.80. The number of aliphatic carboxylic acids is 1. The molecule has 2 atom stereocenters. The van der Waals surface area contributed by atoms with Crippen LogP contribution in [0.15, 0.2) is 0 Å². The molecule has 0 aromatic heterocycles. The zero-order valence-corrected chi connectivity index (χ0v) is 13.0. The Labute approximate surface area is 131 Å². The second kappa shape index (κ2) is 5.94. The van der Waals surface area contributed by atoms with Crippen LogP contribution in [0.3, 0.4) is 0 Å². The third-order valence-corrected chi connectivity index (χ3v) is 6.68. The monoisotopic (exact) mass is 354 g/mol. The van der Waals surface area contributed by atoms with Gasteiger partial charge in [0, 0.05) is 13.1 Å². The molecule has 1 aliphatic carbocycles. The minimum atomic E-state index is -4.78. The van der Waals surface area contributed by atoms with Crippen molar-refractivity contribution in [2.24, 2.45) is 17.3 Å². The van der Waals surface area contributed by atoms with E-state index in [1.165, 1.54) is 0 Å². The molecular weight excluding hydrogens is 337 g/mol.